The van der Waals surface area contributed by atoms with Crippen LogP contribution in [0.25, 0.3) is 0 Å². The van der Waals surface area contributed by atoms with Gasteiger partial charge in [-0.3, -0.25) is 4.79 Å². The maximum absolute atomic E-state index is 15.0. The van der Waals surface area contributed by atoms with E-state index in [9.17, 15) is 14.0 Å². The highest BCUT2D eigenvalue weighted by atomic mass is 32.2. The Morgan fingerprint density at radius 2 is 1.97 bits per heavy atom. The van der Waals surface area contributed by atoms with Crippen LogP contribution < -0.4 is 0 Å². The lowest BCUT2D eigenvalue weighted by molar-refractivity contribution is -0.136. The number of esters is 1. The van der Waals surface area contributed by atoms with Crippen molar-refractivity contribution in [1.29, 1.82) is 0 Å². The van der Waals surface area contributed by atoms with Gasteiger partial charge in [-0.2, -0.15) is 0 Å². The zero-order valence-electron chi connectivity index (χ0n) is 18.6. The topological polar surface area (TPSA) is 62.2 Å². The number of ether oxygens (including phenoxy) is 1. The fraction of sp³-hybridized carbons (Fsp3) is 0.458. The first-order valence-corrected chi connectivity index (χ1v) is 11.9. The molecule has 170 valence electrons. The SMILES string of the molecule is CCC1=C(C(=O)OC)[C@H](c2ccccc2F)N2C(CC(=O)N3CCC(C)CC3)=CSC2=N1. The van der Waals surface area contributed by atoms with E-state index in [1.807, 2.05) is 22.1 Å². The van der Waals surface area contributed by atoms with Gasteiger partial charge < -0.3 is 14.5 Å². The molecule has 0 aliphatic carbocycles. The number of carbonyl (C=O) groups is 2. The number of hydrogen-bond acceptors (Lipinski definition) is 6. The van der Waals surface area contributed by atoms with Crippen LogP contribution in [0, 0.1) is 11.7 Å². The summed E-state index contributed by atoms with van der Waals surface area (Å²) in [6.07, 6.45) is 2.70. The Labute approximate surface area is 192 Å². The molecular formula is C24H28FN3O3S. The lowest BCUT2D eigenvalue weighted by atomic mass is 9.92. The number of aliphatic imine (C=N–C) groups is 1. The third-order valence-corrected chi connectivity index (χ3v) is 7.19. The molecule has 0 spiro atoms. The molecule has 0 unspecified atom stereocenters. The lowest BCUT2D eigenvalue weighted by Crippen LogP contribution is -2.41. The minimum atomic E-state index is -0.735. The highest BCUT2D eigenvalue weighted by Gasteiger charge is 2.42. The number of amides is 1. The fourth-order valence-corrected chi connectivity index (χ4v) is 5.37. The van der Waals surface area contributed by atoms with Gasteiger partial charge >= 0.3 is 5.97 Å². The normalized spacial score (nSPS) is 21.3. The number of nitrogens with zero attached hydrogens (tertiary/aromatic N) is 3. The predicted molar refractivity (Wildman–Crippen MR) is 123 cm³/mol. The number of methoxy groups -OCH3 is 1. The molecule has 1 saturated heterocycles. The van der Waals surface area contributed by atoms with Crippen molar-refractivity contribution < 1.29 is 18.7 Å². The number of likely N-dealkylation sites (tertiary alicyclic amines) is 1. The smallest absolute Gasteiger partial charge is 0.338 e. The molecule has 0 N–H and O–H groups in total. The first-order chi connectivity index (χ1) is 15.4. The average Bonchev–Trinajstić information content (AvgIpc) is 3.20. The number of fused-ring (bicyclic) bond motifs is 1. The van der Waals surface area contributed by atoms with Gasteiger partial charge in [0.15, 0.2) is 5.17 Å². The van der Waals surface area contributed by atoms with Crippen molar-refractivity contribution in [3.05, 3.63) is 58.0 Å². The molecule has 0 bridgehead atoms. The van der Waals surface area contributed by atoms with Crippen LogP contribution in [0.3, 0.4) is 0 Å². The molecular weight excluding hydrogens is 429 g/mol. The van der Waals surface area contributed by atoms with Crippen molar-refractivity contribution in [2.45, 2.75) is 45.6 Å². The Hall–Kier alpha value is -2.61. The van der Waals surface area contributed by atoms with E-state index in [2.05, 4.69) is 11.9 Å². The van der Waals surface area contributed by atoms with Crippen LogP contribution in [-0.4, -0.2) is 47.0 Å². The second kappa shape index (κ2) is 9.48. The lowest BCUT2D eigenvalue weighted by Gasteiger charge is -2.37. The van der Waals surface area contributed by atoms with E-state index in [-0.39, 0.29) is 12.3 Å². The van der Waals surface area contributed by atoms with E-state index in [4.69, 9.17) is 4.74 Å². The Kier molecular flexibility index (Phi) is 6.69. The van der Waals surface area contributed by atoms with Gasteiger partial charge in [-0.05, 0) is 36.7 Å². The number of hydrogen-bond donors (Lipinski definition) is 0. The van der Waals surface area contributed by atoms with E-state index in [0.717, 1.165) is 31.6 Å². The highest BCUT2D eigenvalue weighted by molar-refractivity contribution is 8.16. The van der Waals surface area contributed by atoms with Crippen molar-refractivity contribution in [2.24, 2.45) is 10.9 Å². The molecule has 4 rings (SSSR count). The van der Waals surface area contributed by atoms with E-state index >= 15 is 0 Å². The molecule has 3 aliphatic heterocycles. The maximum Gasteiger partial charge on any atom is 0.338 e. The van der Waals surface area contributed by atoms with Crippen LogP contribution in [0.2, 0.25) is 0 Å². The summed E-state index contributed by atoms with van der Waals surface area (Å²) in [6, 6.07) is 5.69. The molecule has 6 nitrogen and oxygen atoms in total. The van der Waals surface area contributed by atoms with Gasteiger partial charge in [-0.25, -0.2) is 14.2 Å². The molecule has 0 saturated carbocycles. The summed E-state index contributed by atoms with van der Waals surface area (Å²) in [4.78, 5) is 34.3. The summed E-state index contributed by atoms with van der Waals surface area (Å²) in [7, 11) is 1.32. The maximum atomic E-state index is 15.0. The zero-order valence-corrected chi connectivity index (χ0v) is 19.5. The molecule has 0 radical (unpaired) electrons. The molecule has 1 amide bonds. The molecule has 1 aromatic carbocycles. The first kappa shape index (κ1) is 22.6. The summed E-state index contributed by atoms with van der Waals surface area (Å²) < 4.78 is 20.0. The quantitative estimate of drug-likeness (QED) is 0.604. The highest BCUT2D eigenvalue weighted by Crippen LogP contribution is 2.46. The average molecular weight is 458 g/mol. The number of piperidine rings is 1. The van der Waals surface area contributed by atoms with Crippen LogP contribution >= 0.6 is 11.8 Å². The Balaban J connectivity index is 1.70. The number of thioether (sulfide) groups is 1. The van der Waals surface area contributed by atoms with Crippen LogP contribution in [0.4, 0.5) is 4.39 Å². The monoisotopic (exact) mass is 457 g/mol. The second-order valence-electron chi connectivity index (χ2n) is 8.36. The third-order valence-electron chi connectivity index (χ3n) is 6.30. The van der Waals surface area contributed by atoms with Gasteiger partial charge in [0.05, 0.1) is 30.8 Å². The minimum Gasteiger partial charge on any atom is -0.466 e. The molecule has 3 aliphatic rings. The fourth-order valence-electron chi connectivity index (χ4n) is 4.43. The minimum absolute atomic E-state index is 0.0437. The largest absolute Gasteiger partial charge is 0.466 e. The van der Waals surface area contributed by atoms with Crippen LogP contribution in [0.1, 0.15) is 51.1 Å². The van der Waals surface area contributed by atoms with Crippen LogP contribution in [-0.2, 0) is 14.3 Å². The van der Waals surface area contributed by atoms with Crippen LogP contribution in [0.5, 0.6) is 0 Å². The van der Waals surface area contributed by atoms with Gasteiger partial charge in [-0.15, -0.1) is 0 Å². The van der Waals surface area contributed by atoms with Crippen molar-refractivity contribution >= 4 is 28.8 Å². The van der Waals surface area contributed by atoms with Crippen molar-refractivity contribution in [2.75, 3.05) is 20.2 Å². The van der Waals surface area contributed by atoms with Crippen molar-refractivity contribution in [1.82, 2.24) is 9.80 Å². The van der Waals surface area contributed by atoms with E-state index in [0.29, 0.717) is 34.3 Å². The number of allylic oxidation sites excluding steroid dienone is 1. The van der Waals surface area contributed by atoms with Crippen molar-refractivity contribution in [3.63, 3.8) is 0 Å². The van der Waals surface area contributed by atoms with E-state index in [1.165, 1.54) is 24.9 Å². The number of halogens is 1. The molecule has 0 aromatic heterocycles. The van der Waals surface area contributed by atoms with Gasteiger partial charge in [-0.1, -0.05) is 43.8 Å². The van der Waals surface area contributed by atoms with Gasteiger partial charge in [0.1, 0.15) is 5.82 Å². The summed E-state index contributed by atoms with van der Waals surface area (Å²) in [5, 5.41) is 2.54. The van der Waals surface area contributed by atoms with Crippen LogP contribution in [0.15, 0.2) is 51.6 Å². The molecule has 32 heavy (non-hydrogen) atoms. The molecule has 1 fully saturated rings. The second-order valence-corrected chi connectivity index (χ2v) is 9.20. The van der Waals surface area contributed by atoms with Crippen molar-refractivity contribution in [3.8, 4) is 0 Å². The number of amidine groups is 1. The number of benzene rings is 1. The molecule has 8 heteroatoms. The molecule has 1 atom stereocenters. The first-order valence-electron chi connectivity index (χ1n) is 11.0. The Morgan fingerprint density at radius 1 is 1.25 bits per heavy atom. The number of carbonyl (C=O) groups excluding carboxylic acids is 2. The molecule has 3 heterocycles. The number of rotatable bonds is 5. The molecule has 1 aromatic rings. The van der Waals surface area contributed by atoms with Gasteiger partial charge in [0.25, 0.3) is 0 Å². The third kappa shape index (κ3) is 4.20. The summed E-state index contributed by atoms with van der Waals surface area (Å²) in [5.74, 6) is -0.275. The van der Waals surface area contributed by atoms with Gasteiger partial charge in [0, 0.05) is 24.4 Å². The summed E-state index contributed by atoms with van der Waals surface area (Å²) in [5.41, 5.74) is 1.98. The standard InChI is InChI=1S/C24H28FN3O3S/c1-4-19-21(23(30)31-3)22(17-7-5-6-8-18(17)25)28-16(14-32-24(28)26-19)13-20(29)27-11-9-15(2)10-12-27/h5-8,14-15,22H,4,9-13H2,1-3H3/t22-/m0/s1. The summed E-state index contributed by atoms with van der Waals surface area (Å²) in [6.45, 7) is 5.63. The van der Waals surface area contributed by atoms with Gasteiger partial charge in [0.2, 0.25) is 5.91 Å². The zero-order chi connectivity index (χ0) is 22.8. The summed E-state index contributed by atoms with van der Waals surface area (Å²) >= 11 is 1.40. The van der Waals surface area contributed by atoms with E-state index in [1.54, 1.807) is 18.2 Å². The van der Waals surface area contributed by atoms with E-state index < -0.39 is 17.8 Å². The Bertz CT molecular complexity index is 1010. The Morgan fingerprint density at radius 3 is 2.62 bits per heavy atom. The predicted octanol–water partition coefficient (Wildman–Crippen LogP) is 4.61.